The van der Waals surface area contributed by atoms with E-state index in [1.54, 1.807) is 24.3 Å². The van der Waals surface area contributed by atoms with Crippen LogP contribution < -0.4 is 5.32 Å². The SMILES string of the molecule is Cc1ccc([N+](=O)[O-])c(C)c1NC(=O)N1CCC[C@@H]1c1cccs1. The Morgan fingerprint density at radius 2 is 2.17 bits per heavy atom. The predicted molar refractivity (Wildman–Crippen MR) is 94.6 cm³/mol. The van der Waals surface area contributed by atoms with Crippen LogP contribution in [0.1, 0.15) is 34.9 Å². The predicted octanol–water partition coefficient (Wildman–Crippen LogP) is 4.64. The zero-order chi connectivity index (χ0) is 17.3. The number of anilines is 1. The monoisotopic (exact) mass is 345 g/mol. The second kappa shape index (κ2) is 6.60. The lowest BCUT2D eigenvalue weighted by Crippen LogP contribution is -2.34. The molecule has 0 radical (unpaired) electrons. The second-order valence-electron chi connectivity index (χ2n) is 5.96. The van der Waals surface area contributed by atoms with Crippen molar-refractivity contribution in [2.75, 3.05) is 11.9 Å². The molecule has 0 unspecified atom stereocenters. The van der Waals surface area contributed by atoms with Crippen molar-refractivity contribution >= 4 is 28.7 Å². The zero-order valence-corrected chi connectivity index (χ0v) is 14.4. The van der Waals surface area contributed by atoms with Gasteiger partial charge >= 0.3 is 6.03 Å². The average Bonchev–Trinajstić information content (AvgIpc) is 3.20. The van der Waals surface area contributed by atoms with Crippen molar-refractivity contribution in [1.82, 2.24) is 4.90 Å². The summed E-state index contributed by atoms with van der Waals surface area (Å²) in [6.45, 7) is 4.20. The van der Waals surface area contributed by atoms with E-state index in [0.29, 0.717) is 17.8 Å². The fraction of sp³-hybridized carbons (Fsp3) is 0.353. The molecular weight excluding hydrogens is 326 g/mol. The first-order valence-corrected chi connectivity index (χ1v) is 8.72. The van der Waals surface area contributed by atoms with Crippen LogP contribution >= 0.6 is 11.3 Å². The van der Waals surface area contributed by atoms with Gasteiger partial charge in [0, 0.05) is 17.5 Å². The smallest absolute Gasteiger partial charge is 0.317 e. The third-order valence-corrected chi connectivity index (χ3v) is 5.43. The summed E-state index contributed by atoms with van der Waals surface area (Å²) in [6, 6.07) is 7.07. The molecule has 7 heteroatoms. The summed E-state index contributed by atoms with van der Waals surface area (Å²) < 4.78 is 0. The molecule has 0 saturated carbocycles. The maximum Gasteiger partial charge on any atom is 0.322 e. The number of likely N-dealkylation sites (tertiary alicyclic amines) is 1. The molecule has 1 aliphatic rings. The number of carbonyl (C=O) groups is 1. The van der Waals surface area contributed by atoms with Crippen molar-refractivity contribution in [1.29, 1.82) is 0 Å². The van der Waals surface area contributed by atoms with Gasteiger partial charge in [0.1, 0.15) is 0 Å². The number of rotatable bonds is 3. The molecule has 1 saturated heterocycles. The zero-order valence-electron chi connectivity index (χ0n) is 13.6. The Bertz CT molecular complexity index is 774. The number of nitro benzene ring substituents is 1. The maximum atomic E-state index is 12.8. The maximum absolute atomic E-state index is 12.8. The highest BCUT2D eigenvalue weighted by molar-refractivity contribution is 7.10. The number of nitrogens with zero attached hydrogens (tertiary/aromatic N) is 2. The molecule has 3 rings (SSSR count). The molecule has 1 N–H and O–H groups in total. The van der Waals surface area contributed by atoms with Gasteiger partial charge < -0.3 is 10.2 Å². The molecule has 126 valence electrons. The summed E-state index contributed by atoms with van der Waals surface area (Å²) in [5.41, 5.74) is 1.86. The molecule has 1 fully saturated rings. The number of nitrogens with one attached hydrogen (secondary N) is 1. The molecule has 2 heterocycles. The lowest BCUT2D eigenvalue weighted by molar-refractivity contribution is -0.385. The van der Waals surface area contributed by atoms with Crippen LogP contribution in [0.25, 0.3) is 0 Å². The van der Waals surface area contributed by atoms with E-state index in [2.05, 4.69) is 5.32 Å². The standard InChI is InChI=1S/C17H19N3O3S/c1-11-7-8-13(20(22)23)12(2)16(11)18-17(21)19-9-3-5-14(19)15-6-4-10-24-15/h4,6-8,10,14H,3,5,9H2,1-2H3,(H,18,21)/t14-/m1/s1. The minimum Gasteiger partial charge on any atom is -0.317 e. The Labute approximate surface area is 144 Å². The molecule has 0 spiro atoms. The van der Waals surface area contributed by atoms with E-state index in [1.807, 2.05) is 29.3 Å². The van der Waals surface area contributed by atoms with Gasteiger partial charge in [-0.05, 0) is 43.7 Å². The van der Waals surface area contributed by atoms with E-state index < -0.39 is 4.92 Å². The van der Waals surface area contributed by atoms with E-state index >= 15 is 0 Å². The lowest BCUT2D eigenvalue weighted by atomic mass is 10.1. The highest BCUT2D eigenvalue weighted by atomic mass is 32.1. The number of urea groups is 1. The largest absolute Gasteiger partial charge is 0.322 e. The Morgan fingerprint density at radius 1 is 1.38 bits per heavy atom. The summed E-state index contributed by atoms with van der Waals surface area (Å²) in [7, 11) is 0. The van der Waals surface area contributed by atoms with E-state index in [9.17, 15) is 14.9 Å². The summed E-state index contributed by atoms with van der Waals surface area (Å²) in [5.74, 6) is 0. The number of nitro groups is 1. The summed E-state index contributed by atoms with van der Waals surface area (Å²) in [6.07, 6.45) is 1.91. The van der Waals surface area contributed by atoms with Crippen LogP contribution in [0.4, 0.5) is 16.2 Å². The van der Waals surface area contributed by atoms with Crippen LogP contribution in [0.15, 0.2) is 29.6 Å². The van der Waals surface area contributed by atoms with Gasteiger partial charge in [-0.15, -0.1) is 11.3 Å². The van der Waals surface area contributed by atoms with Gasteiger partial charge in [-0.2, -0.15) is 0 Å². The molecule has 0 bridgehead atoms. The summed E-state index contributed by atoms with van der Waals surface area (Å²) in [5, 5.41) is 16.0. The number of hydrogen-bond acceptors (Lipinski definition) is 4. The minimum absolute atomic E-state index is 0.0205. The first-order chi connectivity index (χ1) is 11.5. The molecule has 24 heavy (non-hydrogen) atoms. The number of benzene rings is 1. The van der Waals surface area contributed by atoms with Crippen LogP contribution in [0.2, 0.25) is 0 Å². The van der Waals surface area contributed by atoms with Gasteiger partial charge in [-0.1, -0.05) is 12.1 Å². The van der Waals surface area contributed by atoms with Crippen molar-refractivity contribution in [3.05, 3.63) is 55.8 Å². The highest BCUT2D eigenvalue weighted by Crippen LogP contribution is 2.36. The molecular formula is C17H19N3O3S. The number of aryl methyl sites for hydroxylation is 1. The van der Waals surface area contributed by atoms with Crippen LogP contribution in [0, 0.1) is 24.0 Å². The van der Waals surface area contributed by atoms with Crippen molar-refractivity contribution in [2.24, 2.45) is 0 Å². The van der Waals surface area contributed by atoms with Gasteiger partial charge in [0.25, 0.3) is 5.69 Å². The van der Waals surface area contributed by atoms with Gasteiger partial charge in [0.05, 0.1) is 22.2 Å². The average molecular weight is 345 g/mol. The van der Waals surface area contributed by atoms with Gasteiger partial charge in [0.2, 0.25) is 0 Å². The Hall–Kier alpha value is -2.41. The first-order valence-electron chi connectivity index (χ1n) is 7.84. The van der Waals surface area contributed by atoms with E-state index in [0.717, 1.165) is 18.4 Å². The Morgan fingerprint density at radius 3 is 2.83 bits per heavy atom. The summed E-state index contributed by atoms with van der Waals surface area (Å²) in [4.78, 5) is 26.5. The molecule has 6 nitrogen and oxygen atoms in total. The van der Waals surface area contributed by atoms with Crippen molar-refractivity contribution in [3.63, 3.8) is 0 Å². The fourth-order valence-electron chi connectivity index (χ4n) is 3.19. The number of carbonyl (C=O) groups excluding carboxylic acids is 1. The lowest BCUT2D eigenvalue weighted by Gasteiger charge is -2.25. The minimum atomic E-state index is -0.422. The number of amides is 2. The molecule has 2 aromatic rings. The van der Waals surface area contributed by atoms with E-state index in [4.69, 9.17) is 0 Å². The van der Waals surface area contributed by atoms with Crippen LogP contribution in [-0.2, 0) is 0 Å². The van der Waals surface area contributed by atoms with Crippen molar-refractivity contribution < 1.29 is 9.72 Å². The third-order valence-electron chi connectivity index (χ3n) is 4.46. The van der Waals surface area contributed by atoms with Crippen molar-refractivity contribution in [3.8, 4) is 0 Å². The quantitative estimate of drug-likeness (QED) is 0.650. The van der Waals surface area contributed by atoms with Gasteiger partial charge in [-0.3, -0.25) is 10.1 Å². The van der Waals surface area contributed by atoms with Crippen LogP contribution in [0.3, 0.4) is 0 Å². The highest BCUT2D eigenvalue weighted by Gasteiger charge is 2.31. The molecule has 1 aromatic carbocycles. The Balaban J connectivity index is 1.85. The molecule has 0 aliphatic carbocycles. The van der Waals surface area contributed by atoms with Gasteiger partial charge in [-0.25, -0.2) is 4.79 Å². The topological polar surface area (TPSA) is 75.5 Å². The Kier molecular flexibility index (Phi) is 4.53. The molecule has 2 amide bonds. The summed E-state index contributed by atoms with van der Waals surface area (Å²) >= 11 is 1.65. The van der Waals surface area contributed by atoms with Gasteiger partial charge in [0.15, 0.2) is 0 Å². The molecule has 1 aromatic heterocycles. The number of hydrogen-bond donors (Lipinski definition) is 1. The van der Waals surface area contributed by atoms with E-state index in [-0.39, 0.29) is 17.8 Å². The normalized spacial score (nSPS) is 17.1. The van der Waals surface area contributed by atoms with Crippen molar-refractivity contribution in [2.45, 2.75) is 32.7 Å². The first kappa shape index (κ1) is 16.4. The fourth-order valence-corrected chi connectivity index (χ4v) is 4.06. The van der Waals surface area contributed by atoms with Crippen LogP contribution in [0.5, 0.6) is 0 Å². The van der Waals surface area contributed by atoms with E-state index in [1.165, 1.54) is 10.9 Å². The second-order valence-corrected chi connectivity index (χ2v) is 6.93. The number of thiophene rings is 1. The molecule has 1 aliphatic heterocycles. The van der Waals surface area contributed by atoms with Crippen LogP contribution in [-0.4, -0.2) is 22.4 Å². The third kappa shape index (κ3) is 2.99. The molecule has 1 atom stereocenters.